The zero-order chi connectivity index (χ0) is 11.6. The van der Waals surface area contributed by atoms with Gasteiger partial charge in [-0.3, -0.25) is 0 Å². The second kappa shape index (κ2) is 4.70. The maximum absolute atomic E-state index is 11.6. The molecule has 0 amide bonds. The van der Waals surface area contributed by atoms with Crippen molar-refractivity contribution in [3.8, 4) is 0 Å². The summed E-state index contributed by atoms with van der Waals surface area (Å²) >= 11 is 11.4. The van der Waals surface area contributed by atoms with E-state index in [0.29, 0.717) is 5.02 Å². The van der Waals surface area contributed by atoms with Gasteiger partial charge in [-0.05, 0) is 25.1 Å². The van der Waals surface area contributed by atoms with E-state index in [1.54, 1.807) is 0 Å². The summed E-state index contributed by atoms with van der Waals surface area (Å²) in [7, 11) is -3.49. The lowest BCUT2D eigenvalue weighted by molar-refractivity contribution is 0.218. The first-order valence-electron chi connectivity index (χ1n) is 4.19. The number of sulfone groups is 1. The maximum Gasteiger partial charge on any atom is 0.180 e. The van der Waals surface area contributed by atoms with E-state index in [1.165, 1.54) is 25.1 Å². The third-order valence-electron chi connectivity index (χ3n) is 1.71. The highest BCUT2D eigenvalue weighted by Crippen LogP contribution is 2.25. The summed E-state index contributed by atoms with van der Waals surface area (Å²) in [4.78, 5) is 0.0674. The number of hydrogen-bond acceptors (Lipinski definition) is 3. The molecule has 0 saturated heterocycles. The summed E-state index contributed by atoms with van der Waals surface area (Å²) in [6.45, 7) is 1.41. The van der Waals surface area contributed by atoms with E-state index in [4.69, 9.17) is 28.3 Å². The molecule has 6 heteroatoms. The van der Waals surface area contributed by atoms with Crippen molar-refractivity contribution in [1.29, 1.82) is 0 Å². The van der Waals surface area contributed by atoms with Crippen molar-refractivity contribution in [1.82, 2.24) is 0 Å². The minimum absolute atomic E-state index is 0.0674. The Kier molecular flexibility index (Phi) is 4.00. The molecule has 84 valence electrons. The lowest BCUT2D eigenvalue weighted by atomic mass is 10.4. The summed E-state index contributed by atoms with van der Waals surface area (Å²) in [5.74, 6) is -0.328. The van der Waals surface area contributed by atoms with Crippen LogP contribution in [0, 0.1) is 0 Å². The van der Waals surface area contributed by atoms with Crippen LogP contribution in [0.25, 0.3) is 0 Å². The van der Waals surface area contributed by atoms with Gasteiger partial charge in [0.15, 0.2) is 9.84 Å². The summed E-state index contributed by atoms with van der Waals surface area (Å²) in [5.41, 5.74) is 0. The van der Waals surface area contributed by atoms with Crippen LogP contribution in [0.4, 0.5) is 0 Å². The van der Waals surface area contributed by atoms with E-state index >= 15 is 0 Å². The number of halogens is 2. The van der Waals surface area contributed by atoms with Crippen molar-refractivity contribution in [2.24, 2.45) is 0 Å². The van der Waals surface area contributed by atoms with Crippen LogP contribution >= 0.6 is 23.2 Å². The lowest BCUT2D eigenvalue weighted by Gasteiger charge is -2.07. The third-order valence-corrected chi connectivity index (χ3v) is 4.34. The van der Waals surface area contributed by atoms with Gasteiger partial charge in [0.1, 0.15) is 0 Å². The highest BCUT2D eigenvalue weighted by molar-refractivity contribution is 7.91. The molecule has 0 bridgehead atoms. The van der Waals surface area contributed by atoms with Crippen molar-refractivity contribution >= 4 is 33.0 Å². The lowest BCUT2D eigenvalue weighted by Crippen LogP contribution is -2.17. The summed E-state index contributed by atoms with van der Waals surface area (Å²) in [5, 5.41) is 9.52. The molecular formula is C9H10Cl2O3S. The Labute approximate surface area is 98.6 Å². The van der Waals surface area contributed by atoms with Crippen LogP contribution in [0.15, 0.2) is 23.1 Å². The first kappa shape index (κ1) is 12.8. The molecule has 15 heavy (non-hydrogen) atoms. The molecule has 1 rings (SSSR count). The number of aliphatic hydroxyl groups excluding tert-OH is 1. The highest BCUT2D eigenvalue weighted by Gasteiger charge is 2.18. The van der Waals surface area contributed by atoms with Gasteiger partial charge in [-0.1, -0.05) is 23.2 Å². The van der Waals surface area contributed by atoms with Gasteiger partial charge in [-0.25, -0.2) is 8.42 Å². The molecule has 0 aliphatic heterocycles. The first-order valence-corrected chi connectivity index (χ1v) is 6.59. The summed E-state index contributed by atoms with van der Waals surface area (Å²) in [6, 6.07) is 4.06. The normalized spacial score (nSPS) is 13.9. The average Bonchev–Trinajstić information content (AvgIpc) is 2.07. The van der Waals surface area contributed by atoms with Gasteiger partial charge in [-0.15, -0.1) is 0 Å². The van der Waals surface area contributed by atoms with Crippen molar-refractivity contribution in [3.05, 3.63) is 28.2 Å². The smallest absolute Gasteiger partial charge is 0.180 e. The highest BCUT2D eigenvalue weighted by atomic mass is 35.5. The fraction of sp³-hybridized carbons (Fsp3) is 0.333. The second-order valence-corrected chi connectivity index (χ2v) is 6.05. The molecule has 0 aliphatic carbocycles. The Bertz CT molecular complexity index is 454. The quantitative estimate of drug-likeness (QED) is 0.914. The molecule has 0 heterocycles. The molecule has 0 aliphatic rings. The molecule has 0 radical (unpaired) electrons. The van der Waals surface area contributed by atoms with Crippen LogP contribution in [-0.2, 0) is 9.84 Å². The fourth-order valence-electron chi connectivity index (χ4n) is 1.08. The first-order chi connectivity index (χ1) is 6.83. The topological polar surface area (TPSA) is 54.4 Å². The molecule has 0 aromatic heterocycles. The Morgan fingerprint density at radius 2 is 1.93 bits per heavy atom. The number of rotatable bonds is 3. The van der Waals surface area contributed by atoms with E-state index < -0.39 is 15.9 Å². The molecule has 0 saturated carbocycles. The summed E-state index contributed by atoms with van der Waals surface area (Å²) in [6.07, 6.45) is -0.913. The van der Waals surface area contributed by atoms with Crippen molar-refractivity contribution < 1.29 is 13.5 Å². The van der Waals surface area contributed by atoms with Gasteiger partial charge in [-0.2, -0.15) is 0 Å². The maximum atomic E-state index is 11.6. The largest absolute Gasteiger partial charge is 0.392 e. The SMILES string of the molecule is C[C@H](O)CS(=O)(=O)c1ccc(Cl)c(Cl)c1. The Morgan fingerprint density at radius 3 is 2.40 bits per heavy atom. The van der Waals surface area contributed by atoms with Crippen LogP contribution in [0.3, 0.4) is 0 Å². The van der Waals surface area contributed by atoms with Crippen LogP contribution in [-0.4, -0.2) is 25.4 Å². The molecule has 3 nitrogen and oxygen atoms in total. The average molecular weight is 269 g/mol. The van der Waals surface area contributed by atoms with Gasteiger partial charge in [0.05, 0.1) is 26.8 Å². The molecule has 0 unspecified atom stereocenters. The molecule has 1 atom stereocenters. The van der Waals surface area contributed by atoms with E-state index in [1.807, 2.05) is 0 Å². The van der Waals surface area contributed by atoms with Crippen molar-refractivity contribution in [3.63, 3.8) is 0 Å². The van der Waals surface area contributed by atoms with Crippen LogP contribution < -0.4 is 0 Å². The molecular weight excluding hydrogens is 259 g/mol. The van der Waals surface area contributed by atoms with Crippen LogP contribution in [0.5, 0.6) is 0 Å². The Balaban J connectivity index is 3.11. The predicted molar refractivity (Wildman–Crippen MR) is 60.2 cm³/mol. The Morgan fingerprint density at radius 1 is 1.33 bits per heavy atom. The standard InChI is InChI=1S/C9H10Cl2O3S/c1-6(12)5-15(13,14)7-2-3-8(10)9(11)4-7/h2-4,6,12H,5H2,1H3/t6-/m0/s1. The molecule has 1 N–H and O–H groups in total. The molecule has 0 fully saturated rings. The third kappa shape index (κ3) is 3.34. The number of hydrogen-bond donors (Lipinski definition) is 1. The van der Waals surface area contributed by atoms with Crippen LogP contribution in [0.2, 0.25) is 10.0 Å². The van der Waals surface area contributed by atoms with E-state index in [0.717, 1.165) is 0 Å². The van der Waals surface area contributed by atoms with E-state index in [-0.39, 0.29) is 15.7 Å². The second-order valence-electron chi connectivity index (χ2n) is 3.21. The van der Waals surface area contributed by atoms with Crippen LogP contribution in [0.1, 0.15) is 6.92 Å². The molecule has 1 aromatic carbocycles. The summed E-state index contributed by atoms with van der Waals surface area (Å²) < 4.78 is 23.3. The Hall–Kier alpha value is -0.290. The van der Waals surface area contributed by atoms with Gasteiger partial charge < -0.3 is 5.11 Å². The van der Waals surface area contributed by atoms with Gasteiger partial charge in [0, 0.05) is 0 Å². The minimum atomic E-state index is -3.49. The molecule has 0 spiro atoms. The van der Waals surface area contributed by atoms with E-state index in [2.05, 4.69) is 0 Å². The van der Waals surface area contributed by atoms with Crippen molar-refractivity contribution in [2.45, 2.75) is 17.9 Å². The number of benzene rings is 1. The van der Waals surface area contributed by atoms with E-state index in [9.17, 15) is 8.42 Å². The monoisotopic (exact) mass is 268 g/mol. The predicted octanol–water partition coefficient (Wildman–Crippen LogP) is 2.15. The minimum Gasteiger partial charge on any atom is -0.392 e. The fourth-order valence-corrected chi connectivity index (χ4v) is 2.85. The molecule has 1 aromatic rings. The van der Waals surface area contributed by atoms with Gasteiger partial charge in [0.2, 0.25) is 0 Å². The van der Waals surface area contributed by atoms with Crippen molar-refractivity contribution in [2.75, 3.05) is 5.75 Å². The zero-order valence-electron chi connectivity index (χ0n) is 7.94. The van der Waals surface area contributed by atoms with Gasteiger partial charge in [0.25, 0.3) is 0 Å². The zero-order valence-corrected chi connectivity index (χ0v) is 10.3. The van der Waals surface area contributed by atoms with Gasteiger partial charge >= 0.3 is 0 Å². The number of aliphatic hydroxyl groups is 1.